The maximum atomic E-state index is 12.7. The van der Waals surface area contributed by atoms with Gasteiger partial charge < -0.3 is 10.2 Å². The molecule has 21 heavy (non-hydrogen) atoms. The maximum absolute atomic E-state index is 12.7. The van der Waals surface area contributed by atoms with Crippen molar-refractivity contribution >= 4 is 17.3 Å². The van der Waals surface area contributed by atoms with Crippen LogP contribution in [0.4, 0.5) is 11.4 Å². The Labute approximate surface area is 125 Å². The predicted molar refractivity (Wildman–Crippen MR) is 86.9 cm³/mol. The number of hydrogen-bond acceptors (Lipinski definition) is 3. The summed E-state index contributed by atoms with van der Waals surface area (Å²) in [5.41, 5.74) is 3.42. The molecular formula is C17H21N3O. The maximum Gasteiger partial charge on any atom is 0.260 e. The summed E-state index contributed by atoms with van der Waals surface area (Å²) in [6, 6.07) is 9.60. The zero-order valence-electron chi connectivity index (χ0n) is 12.8. The summed E-state index contributed by atoms with van der Waals surface area (Å²) < 4.78 is 0. The normalized spacial score (nSPS) is 10.2. The first kappa shape index (κ1) is 15.0. The molecule has 0 aliphatic rings. The van der Waals surface area contributed by atoms with E-state index < -0.39 is 0 Å². The molecule has 4 heteroatoms. The van der Waals surface area contributed by atoms with Crippen LogP contribution < -0.4 is 10.2 Å². The van der Waals surface area contributed by atoms with Gasteiger partial charge in [0.1, 0.15) is 0 Å². The van der Waals surface area contributed by atoms with Crippen LogP contribution in [-0.4, -0.2) is 24.5 Å². The minimum Gasteiger partial charge on any atom is -0.384 e. The van der Waals surface area contributed by atoms with Crippen molar-refractivity contribution in [2.45, 2.75) is 20.3 Å². The fraction of sp³-hybridized carbons (Fsp3) is 0.294. The minimum absolute atomic E-state index is 0.0368. The second kappa shape index (κ2) is 6.88. The van der Waals surface area contributed by atoms with Crippen LogP contribution in [0.2, 0.25) is 0 Å². The third-order valence-corrected chi connectivity index (χ3v) is 3.31. The van der Waals surface area contributed by atoms with E-state index in [1.165, 1.54) is 0 Å². The zero-order chi connectivity index (χ0) is 15.2. The number of nitrogens with one attached hydrogen (secondary N) is 1. The summed E-state index contributed by atoms with van der Waals surface area (Å²) in [7, 11) is 1.77. The Balaban J connectivity index is 2.31. The van der Waals surface area contributed by atoms with Crippen LogP contribution in [0.3, 0.4) is 0 Å². The van der Waals surface area contributed by atoms with E-state index in [0.29, 0.717) is 5.56 Å². The molecule has 0 aliphatic heterocycles. The molecule has 1 N–H and O–H groups in total. The molecule has 2 aromatic rings. The average molecular weight is 283 g/mol. The van der Waals surface area contributed by atoms with Crippen LogP contribution in [0.1, 0.15) is 29.3 Å². The molecule has 0 saturated heterocycles. The first-order valence-electron chi connectivity index (χ1n) is 7.16. The lowest BCUT2D eigenvalue weighted by Crippen LogP contribution is -2.27. The molecule has 0 spiro atoms. The fourth-order valence-corrected chi connectivity index (χ4v) is 2.10. The van der Waals surface area contributed by atoms with Crippen molar-refractivity contribution in [1.29, 1.82) is 0 Å². The molecule has 0 bridgehead atoms. The number of amides is 1. The molecule has 0 atom stereocenters. The Hall–Kier alpha value is -2.36. The highest BCUT2D eigenvalue weighted by molar-refractivity contribution is 6.09. The molecule has 0 radical (unpaired) electrons. The van der Waals surface area contributed by atoms with Gasteiger partial charge in [-0.05, 0) is 37.6 Å². The van der Waals surface area contributed by atoms with Crippen molar-refractivity contribution in [1.82, 2.24) is 4.98 Å². The van der Waals surface area contributed by atoms with Gasteiger partial charge in [-0.15, -0.1) is 0 Å². The molecule has 1 amide bonds. The van der Waals surface area contributed by atoms with Gasteiger partial charge in [-0.2, -0.15) is 0 Å². The van der Waals surface area contributed by atoms with Gasteiger partial charge in [0.15, 0.2) is 0 Å². The Bertz CT molecular complexity index is 611. The van der Waals surface area contributed by atoms with Gasteiger partial charge in [-0.1, -0.05) is 18.6 Å². The fourth-order valence-electron chi connectivity index (χ4n) is 2.10. The summed E-state index contributed by atoms with van der Waals surface area (Å²) >= 11 is 0. The highest BCUT2D eigenvalue weighted by Crippen LogP contribution is 2.21. The van der Waals surface area contributed by atoms with Crippen LogP contribution in [0.15, 0.2) is 42.7 Å². The van der Waals surface area contributed by atoms with Crippen LogP contribution in [0.5, 0.6) is 0 Å². The summed E-state index contributed by atoms with van der Waals surface area (Å²) in [6.07, 6.45) is 4.40. The SMILES string of the molecule is CCCNc1ccc(C)cc1C(=O)N(C)c1cccnc1. The van der Waals surface area contributed by atoms with Crippen molar-refractivity contribution in [3.8, 4) is 0 Å². The minimum atomic E-state index is -0.0368. The number of benzene rings is 1. The Kier molecular flexibility index (Phi) is 4.93. The Morgan fingerprint density at radius 1 is 1.33 bits per heavy atom. The van der Waals surface area contributed by atoms with Crippen molar-refractivity contribution in [2.75, 3.05) is 23.8 Å². The number of rotatable bonds is 5. The van der Waals surface area contributed by atoms with Gasteiger partial charge in [0, 0.05) is 25.5 Å². The van der Waals surface area contributed by atoms with Gasteiger partial charge in [-0.25, -0.2) is 0 Å². The summed E-state index contributed by atoms with van der Waals surface area (Å²) in [5.74, 6) is -0.0368. The molecule has 1 aromatic carbocycles. The van der Waals surface area contributed by atoms with E-state index in [0.717, 1.165) is 29.9 Å². The molecule has 0 saturated carbocycles. The van der Waals surface area contributed by atoms with E-state index in [-0.39, 0.29) is 5.91 Å². The highest BCUT2D eigenvalue weighted by atomic mass is 16.2. The lowest BCUT2D eigenvalue weighted by atomic mass is 10.1. The second-order valence-corrected chi connectivity index (χ2v) is 5.05. The number of anilines is 2. The third-order valence-electron chi connectivity index (χ3n) is 3.31. The van der Waals surface area contributed by atoms with E-state index in [9.17, 15) is 4.79 Å². The van der Waals surface area contributed by atoms with Gasteiger partial charge in [0.05, 0.1) is 17.4 Å². The summed E-state index contributed by atoms with van der Waals surface area (Å²) in [5, 5.41) is 3.31. The first-order chi connectivity index (χ1) is 10.1. The second-order valence-electron chi connectivity index (χ2n) is 5.05. The molecule has 0 unspecified atom stereocenters. The monoisotopic (exact) mass is 283 g/mol. The number of aromatic nitrogens is 1. The van der Waals surface area contributed by atoms with Crippen molar-refractivity contribution in [2.24, 2.45) is 0 Å². The van der Waals surface area contributed by atoms with E-state index in [1.807, 2.05) is 37.3 Å². The molecular weight excluding hydrogens is 262 g/mol. The summed E-state index contributed by atoms with van der Waals surface area (Å²) in [4.78, 5) is 18.4. The number of pyridine rings is 1. The van der Waals surface area contributed by atoms with Gasteiger partial charge in [0.25, 0.3) is 5.91 Å². The molecule has 1 heterocycles. The molecule has 1 aromatic heterocycles. The molecule has 0 fully saturated rings. The molecule has 2 rings (SSSR count). The van der Waals surface area contributed by atoms with E-state index in [4.69, 9.17) is 0 Å². The highest BCUT2D eigenvalue weighted by Gasteiger charge is 2.17. The number of carbonyl (C=O) groups excluding carboxylic acids is 1. The van der Waals surface area contributed by atoms with E-state index >= 15 is 0 Å². The Morgan fingerprint density at radius 3 is 2.81 bits per heavy atom. The van der Waals surface area contributed by atoms with E-state index in [2.05, 4.69) is 17.2 Å². The van der Waals surface area contributed by atoms with Crippen molar-refractivity contribution < 1.29 is 4.79 Å². The van der Waals surface area contributed by atoms with Crippen LogP contribution in [-0.2, 0) is 0 Å². The van der Waals surface area contributed by atoms with Crippen molar-refractivity contribution in [3.63, 3.8) is 0 Å². The van der Waals surface area contributed by atoms with Gasteiger partial charge in [0.2, 0.25) is 0 Å². The van der Waals surface area contributed by atoms with Gasteiger partial charge in [-0.3, -0.25) is 9.78 Å². The van der Waals surface area contributed by atoms with Crippen LogP contribution >= 0.6 is 0 Å². The molecule has 0 aliphatic carbocycles. The number of nitrogens with zero attached hydrogens (tertiary/aromatic N) is 2. The standard InChI is InChI=1S/C17H21N3O/c1-4-9-19-16-8-7-13(2)11-15(16)17(21)20(3)14-6-5-10-18-12-14/h5-8,10-12,19H,4,9H2,1-3H3. The van der Waals surface area contributed by atoms with Crippen LogP contribution in [0.25, 0.3) is 0 Å². The predicted octanol–water partition coefficient (Wildman–Crippen LogP) is 3.49. The zero-order valence-corrected chi connectivity index (χ0v) is 12.8. The smallest absolute Gasteiger partial charge is 0.260 e. The van der Waals surface area contributed by atoms with Gasteiger partial charge >= 0.3 is 0 Å². The quantitative estimate of drug-likeness (QED) is 0.913. The van der Waals surface area contributed by atoms with Crippen LogP contribution in [0, 0.1) is 6.92 Å². The largest absolute Gasteiger partial charge is 0.384 e. The molecule has 110 valence electrons. The molecule has 4 nitrogen and oxygen atoms in total. The topological polar surface area (TPSA) is 45.2 Å². The lowest BCUT2D eigenvalue weighted by molar-refractivity contribution is 0.0993. The summed E-state index contributed by atoms with van der Waals surface area (Å²) in [6.45, 7) is 4.94. The number of hydrogen-bond donors (Lipinski definition) is 1. The van der Waals surface area contributed by atoms with E-state index in [1.54, 1.807) is 24.3 Å². The Morgan fingerprint density at radius 2 is 2.14 bits per heavy atom. The third kappa shape index (κ3) is 3.60. The average Bonchev–Trinajstić information content (AvgIpc) is 2.53. The first-order valence-corrected chi connectivity index (χ1v) is 7.16. The number of carbonyl (C=O) groups is 1. The lowest BCUT2D eigenvalue weighted by Gasteiger charge is -2.19. The van der Waals surface area contributed by atoms with Crippen molar-refractivity contribution in [3.05, 3.63) is 53.9 Å². The number of aryl methyl sites for hydroxylation is 1.